The third-order valence-electron chi connectivity index (χ3n) is 4.52. The van der Waals surface area contributed by atoms with E-state index in [4.69, 9.17) is 9.47 Å². The van der Waals surface area contributed by atoms with Crippen molar-refractivity contribution in [1.82, 2.24) is 5.32 Å². The number of hydrogen-bond acceptors (Lipinski definition) is 4. The smallest absolute Gasteiger partial charge is 0.251 e. The number of hydrogen-bond donors (Lipinski definition) is 1. The Morgan fingerprint density at radius 1 is 0.929 bits per heavy atom. The topological polar surface area (TPSA) is 67.9 Å². The van der Waals surface area contributed by atoms with Crippen LogP contribution < -0.4 is 19.7 Å². The first-order valence-corrected chi connectivity index (χ1v) is 9.14. The third kappa shape index (κ3) is 5.03. The van der Waals surface area contributed by atoms with E-state index in [1.165, 1.54) is 21.1 Å². The van der Waals surface area contributed by atoms with Crippen molar-refractivity contribution in [2.75, 3.05) is 32.2 Å². The van der Waals surface area contributed by atoms with Crippen molar-refractivity contribution < 1.29 is 19.1 Å². The van der Waals surface area contributed by atoms with E-state index in [1.807, 2.05) is 20.8 Å². The van der Waals surface area contributed by atoms with Crippen LogP contribution in [0, 0.1) is 20.8 Å². The molecular weight excluding hydrogens is 356 g/mol. The Morgan fingerprint density at radius 2 is 1.46 bits per heavy atom. The summed E-state index contributed by atoms with van der Waals surface area (Å²) in [5.74, 6) is 0.770. The highest BCUT2D eigenvalue weighted by atomic mass is 16.5. The average Bonchev–Trinajstić information content (AvgIpc) is 2.65. The fourth-order valence-corrected chi connectivity index (χ4v) is 3.35. The van der Waals surface area contributed by atoms with Gasteiger partial charge in [-0.3, -0.25) is 9.59 Å². The number of anilines is 1. The van der Waals surface area contributed by atoms with E-state index < -0.39 is 0 Å². The van der Waals surface area contributed by atoms with Crippen LogP contribution in [-0.4, -0.2) is 39.1 Å². The lowest BCUT2D eigenvalue weighted by Crippen LogP contribution is -2.38. The summed E-state index contributed by atoms with van der Waals surface area (Å²) >= 11 is 0. The first kappa shape index (κ1) is 21.3. The van der Waals surface area contributed by atoms with Crippen LogP contribution in [0.2, 0.25) is 0 Å². The molecule has 0 radical (unpaired) electrons. The zero-order chi connectivity index (χ0) is 20.8. The molecule has 0 atom stereocenters. The molecule has 0 spiro atoms. The molecule has 2 rings (SSSR count). The molecular formula is C22H28N2O4. The van der Waals surface area contributed by atoms with Gasteiger partial charge in [-0.1, -0.05) is 17.7 Å². The van der Waals surface area contributed by atoms with Crippen LogP contribution in [0.5, 0.6) is 11.5 Å². The SMILES string of the molecule is COc1cc(OC)cc(C(=O)NCCN(C(C)=O)c2c(C)cc(C)cc2C)c1. The van der Waals surface area contributed by atoms with Crippen LogP contribution in [0.4, 0.5) is 5.69 Å². The van der Waals surface area contributed by atoms with Gasteiger partial charge in [-0.15, -0.1) is 0 Å². The second kappa shape index (κ2) is 9.26. The lowest BCUT2D eigenvalue weighted by Gasteiger charge is -2.25. The second-order valence-corrected chi connectivity index (χ2v) is 6.78. The number of aryl methyl sites for hydroxylation is 3. The van der Waals surface area contributed by atoms with Crippen LogP contribution in [0.15, 0.2) is 30.3 Å². The zero-order valence-electron chi connectivity index (χ0n) is 17.4. The molecule has 0 saturated carbocycles. The molecule has 2 amide bonds. The van der Waals surface area contributed by atoms with Crippen LogP contribution in [-0.2, 0) is 4.79 Å². The summed E-state index contributed by atoms with van der Waals surface area (Å²) in [6.45, 7) is 8.26. The molecule has 2 aromatic carbocycles. The number of rotatable bonds is 7. The largest absolute Gasteiger partial charge is 0.497 e. The molecule has 0 heterocycles. The van der Waals surface area contributed by atoms with Crippen molar-refractivity contribution in [1.29, 1.82) is 0 Å². The maximum absolute atomic E-state index is 12.5. The van der Waals surface area contributed by atoms with Crippen LogP contribution >= 0.6 is 0 Å². The van der Waals surface area contributed by atoms with E-state index in [0.717, 1.165) is 22.4 Å². The van der Waals surface area contributed by atoms with Gasteiger partial charge in [0.05, 0.1) is 14.2 Å². The van der Waals surface area contributed by atoms with Gasteiger partial charge in [-0.2, -0.15) is 0 Å². The lowest BCUT2D eigenvalue weighted by atomic mass is 10.0. The Hall–Kier alpha value is -3.02. The Morgan fingerprint density at radius 3 is 1.93 bits per heavy atom. The molecule has 0 unspecified atom stereocenters. The molecule has 28 heavy (non-hydrogen) atoms. The van der Waals surface area contributed by atoms with Gasteiger partial charge in [-0.25, -0.2) is 0 Å². The molecule has 0 saturated heterocycles. The van der Waals surface area contributed by atoms with Crippen molar-refractivity contribution >= 4 is 17.5 Å². The second-order valence-electron chi connectivity index (χ2n) is 6.78. The van der Waals surface area contributed by atoms with Gasteiger partial charge in [0.1, 0.15) is 11.5 Å². The highest BCUT2D eigenvalue weighted by molar-refractivity contribution is 5.96. The molecule has 6 heteroatoms. The fourth-order valence-electron chi connectivity index (χ4n) is 3.35. The predicted octanol–water partition coefficient (Wildman–Crippen LogP) is 3.41. The minimum atomic E-state index is -0.252. The summed E-state index contributed by atoms with van der Waals surface area (Å²) in [5.41, 5.74) is 4.57. The predicted molar refractivity (Wildman–Crippen MR) is 111 cm³/mol. The van der Waals surface area contributed by atoms with Gasteiger partial charge in [0.15, 0.2) is 0 Å². The van der Waals surface area contributed by atoms with E-state index in [2.05, 4.69) is 17.4 Å². The molecule has 2 aromatic rings. The van der Waals surface area contributed by atoms with Crippen LogP contribution in [0.1, 0.15) is 34.0 Å². The van der Waals surface area contributed by atoms with E-state index in [0.29, 0.717) is 30.2 Å². The Balaban J connectivity index is 2.12. The number of nitrogens with one attached hydrogen (secondary N) is 1. The van der Waals surface area contributed by atoms with Crippen molar-refractivity contribution in [2.45, 2.75) is 27.7 Å². The summed E-state index contributed by atoms with van der Waals surface area (Å²) < 4.78 is 10.4. The lowest BCUT2D eigenvalue weighted by molar-refractivity contribution is -0.116. The standard InChI is InChI=1S/C22H28N2O4/c1-14-9-15(2)21(16(3)10-14)24(17(4)25)8-7-23-22(26)18-11-19(27-5)13-20(12-18)28-6/h9-13H,7-8H2,1-6H3,(H,23,26). The fraction of sp³-hybridized carbons (Fsp3) is 0.364. The number of amides is 2. The highest BCUT2D eigenvalue weighted by Crippen LogP contribution is 2.26. The summed E-state index contributed by atoms with van der Waals surface area (Å²) in [6, 6.07) is 9.11. The number of carbonyl (C=O) groups excluding carboxylic acids is 2. The zero-order valence-corrected chi connectivity index (χ0v) is 17.4. The van der Waals surface area contributed by atoms with Crippen molar-refractivity contribution in [3.63, 3.8) is 0 Å². The van der Waals surface area contributed by atoms with E-state index >= 15 is 0 Å². The molecule has 1 N–H and O–H groups in total. The average molecular weight is 384 g/mol. The first-order valence-electron chi connectivity index (χ1n) is 9.14. The maximum atomic E-state index is 12.5. The minimum Gasteiger partial charge on any atom is -0.497 e. The van der Waals surface area contributed by atoms with Crippen LogP contribution in [0.3, 0.4) is 0 Å². The first-order chi connectivity index (χ1) is 13.3. The van der Waals surface area contributed by atoms with Gasteiger partial charge in [-0.05, 0) is 44.0 Å². The summed E-state index contributed by atoms with van der Waals surface area (Å²) in [6.07, 6.45) is 0. The number of ether oxygens (including phenoxy) is 2. The van der Waals surface area contributed by atoms with Gasteiger partial charge >= 0.3 is 0 Å². The number of carbonyl (C=O) groups is 2. The molecule has 0 fully saturated rings. The Labute approximate surface area is 166 Å². The summed E-state index contributed by atoms with van der Waals surface area (Å²) in [4.78, 5) is 26.5. The molecule has 6 nitrogen and oxygen atoms in total. The van der Waals surface area contributed by atoms with E-state index in [1.54, 1.807) is 23.1 Å². The summed E-state index contributed by atoms with van der Waals surface area (Å²) in [7, 11) is 3.07. The summed E-state index contributed by atoms with van der Waals surface area (Å²) in [5, 5.41) is 2.86. The highest BCUT2D eigenvalue weighted by Gasteiger charge is 2.17. The number of benzene rings is 2. The van der Waals surface area contributed by atoms with E-state index in [-0.39, 0.29) is 11.8 Å². The maximum Gasteiger partial charge on any atom is 0.251 e. The quantitative estimate of drug-likeness (QED) is 0.794. The Kier molecular flexibility index (Phi) is 7.04. The number of nitrogens with zero attached hydrogens (tertiary/aromatic N) is 1. The van der Waals surface area contributed by atoms with E-state index in [9.17, 15) is 9.59 Å². The third-order valence-corrected chi connectivity index (χ3v) is 4.52. The molecule has 0 aromatic heterocycles. The Bertz CT molecular complexity index is 832. The molecule has 0 bridgehead atoms. The normalized spacial score (nSPS) is 10.4. The molecule has 150 valence electrons. The molecule has 0 aliphatic heterocycles. The van der Waals surface area contributed by atoms with Gasteiger partial charge in [0.2, 0.25) is 5.91 Å². The number of methoxy groups -OCH3 is 2. The monoisotopic (exact) mass is 384 g/mol. The van der Waals surface area contributed by atoms with Crippen molar-refractivity contribution in [2.24, 2.45) is 0 Å². The molecule has 0 aliphatic carbocycles. The van der Waals surface area contributed by atoms with Crippen LogP contribution in [0.25, 0.3) is 0 Å². The minimum absolute atomic E-state index is 0.0626. The van der Waals surface area contributed by atoms with Crippen molar-refractivity contribution in [3.8, 4) is 11.5 Å². The van der Waals surface area contributed by atoms with Gasteiger partial charge < -0.3 is 19.7 Å². The van der Waals surface area contributed by atoms with Gasteiger partial charge in [0.25, 0.3) is 5.91 Å². The molecule has 0 aliphatic rings. The van der Waals surface area contributed by atoms with Crippen molar-refractivity contribution in [3.05, 3.63) is 52.6 Å². The van der Waals surface area contributed by atoms with Gasteiger partial charge in [0, 0.05) is 37.3 Å².